The normalized spacial score (nSPS) is 22.7. The second-order valence-electron chi connectivity index (χ2n) is 5.92. The summed E-state index contributed by atoms with van der Waals surface area (Å²) >= 11 is 1.94. The maximum atomic E-state index is 11.7. The van der Waals surface area contributed by atoms with Crippen molar-refractivity contribution in [3.05, 3.63) is 0 Å². The predicted octanol–water partition coefficient (Wildman–Crippen LogP) is 2.31. The van der Waals surface area contributed by atoms with E-state index in [0.29, 0.717) is 12.1 Å². The number of amides is 1. The molecule has 1 aliphatic rings. The predicted molar refractivity (Wildman–Crippen MR) is 107 cm³/mol. The van der Waals surface area contributed by atoms with E-state index in [1.807, 2.05) is 11.8 Å². The van der Waals surface area contributed by atoms with E-state index in [4.69, 9.17) is 0 Å². The third-order valence-corrected chi connectivity index (χ3v) is 5.02. The highest BCUT2D eigenvalue weighted by Gasteiger charge is 2.24. The van der Waals surface area contributed by atoms with Crippen LogP contribution in [0.4, 0.5) is 0 Å². The molecule has 3 atom stereocenters. The fourth-order valence-electron chi connectivity index (χ4n) is 2.24. The molecule has 0 aromatic heterocycles. The zero-order valence-corrected chi connectivity index (χ0v) is 17.5. The van der Waals surface area contributed by atoms with E-state index < -0.39 is 0 Å². The molecule has 130 valence electrons. The summed E-state index contributed by atoms with van der Waals surface area (Å²) in [7, 11) is 3.51. The molecule has 1 rings (SSSR count). The van der Waals surface area contributed by atoms with Crippen LogP contribution in [-0.2, 0) is 4.79 Å². The molecule has 0 saturated heterocycles. The van der Waals surface area contributed by atoms with Gasteiger partial charge in [-0.2, -0.15) is 11.8 Å². The molecular formula is C15H31IN4OS. The van der Waals surface area contributed by atoms with Gasteiger partial charge in [-0.1, -0.05) is 6.92 Å². The average molecular weight is 442 g/mol. The first-order chi connectivity index (χ1) is 9.96. The summed E-state index contributed by atoms with van der Waals surface area (Å²) in [6.45, 7) is 4.46. The molecule has 22 heavy (non-hydrogen) atoms. The first-order valence-electron chi connectivity index (χ1n) is 7.76. The molecule has 0 aromatic carbocycles. The maximum Gasteiger partial charge on any atom is 0.243 e. The third-order valence-electron chi connectivity index (χ3n) is 3.93. The van der Waals surface area contributed by atoms with E-state index in [9.17, 15) is 4.79 Å². The summed E-state index contributed by atoms with van der Waals surface area (Å²) in [6.07, 6.45) is 6.81. The first kappa shape index (κ1) is 21.8. The molecule has 0 spiro atoms. The van der Waals surface area contributed by atoms with Crippen LogP contribution < -0.4 is 10.6 Å². The minimum Gasteiger partial charge on any atom is -0.354 e. The van der Waals surface area contributed by atoms with E-state index in [0.717, 1.165) is 17.6 Å². The number of hydrogen-bond donors (Lipinski definition) is 2. The maximum absolute atomic E-state index is 11.7. The monoisotopic (exact) mass is 442 g/mol. The number of carbonyl (C=O) groups excluding carboxylic acids is 1. The number of aliphatic imine (C=N–C) groups is 1. The van der Waals surface area contributed by atoms with Crippen LogP contribution in [0.3, 0.4) is 0 Å². The Bertz CT molecular complexity index is 365. The van der Waals surface area contributed by atoms with E-state index >= 15 is 0 Å². The summed E-state index contributed by atoms with van der Waals surface area (Å²) in [5, 5.41) is 7.62. The smallest absolute Gasteiger partial charge is 0.243 e. The highest BCUT2D eigenvalue weighted by molar-refractivity contribution is 14.0. The molecular weight excluding hydrogens is 411 g/mol. The molecule has 2 N–H and O–H groups in total. The Hall–Kier alpha value is -0.180. The molecule has 5 nitrogen and oxygen atoms in total. The van der Waals surface area contributed by atoms with Gasteiger partial charge in [-0.3, -0.25) is 4.79 Å². The molecule has 3 unspecified atom stereocenters. The highest BCUT2D eigenvalue weighted by Crippen LogP contribution is 2.28. The first-order valence-corrected chi connectivity index (χ1v) is 9.05. The topological polar surface area (TPSA) is 56.7 Å². The van der Waals surface area contributed by atoms with E-state index in [1.54, 1.807) is 19.0 Å². The van der Waals surface area contributed by atoms with Gasteiger partial charge in [0.15, 0.2) is 5.96 Å². The van der Waals surface area contributed by atoms with Crippen molar-refractivity contribution in [1.82, 2.24) is 15.5 Å². The van der Waals surface area contributed by atoms with Crippen molar-refractivity contribution in [3.8, 4) is 0 Å². The summed E-state index contributed by atoms with van der Waals surface area (Å²) in [5.74, 6) is 0.792. The number of nitrogens with zero attached hydrogens (tertiary/aromatic N) is 2. The van der Waals surface area contributed by atoms with Gasteiger partial charge in [-0.05, 0) is 38.9 Å². The van der Waals surface area contributed by atoms with Crippen LogP contribution in [0.5, 0.6) is 0 Å². The molecule has 0 aliphatic heterocycles. The number of carbonyl (C=O) groups is 1. The molecule has 1 aliphatic carbocycles. The third kappa shape index (κ3) is 7.89. The lowest BCUT2D eigenvalue weighted by atomic mass is 10.2. The van der Waals surface area contributed by atoms with Gasteiger partial charge < -0.3 is 15.5 Å². The van der Waals surface area contributed by atoms with Gasteiger partial charge >= 0.3 is 0 Å². The van der Waals surface area contributed by atoms with E-state index in [-0.39, 0.29) is 36.4 Å². The van der Waals surface area contributed by atoms with Gasteiger partial charge in [-0.15, -0.1) is 24.0 Å². The van der Waals surface area contributed by atoms with Crippen molar-refractivity contribution in [2.75, 3.05) is 26.9 Å². The Labute approximate surface area is 156 Å². The van der Waals surface area contributed by atoms with Crippen LogP contribution in [0.1, 0.15) is 39.5 Å². The van der Waals surface area contributed by atoms with Crippen LogP contribution in [0.25, 0.3) is 0 Å². The number of rotatable bonds is 6. The Morgan fingerprint density at radius 3 is 2.59 bits per heavy atom. The van der Waals surface area contributed by atoms with Crippen molar-refractivity contribution in [2.45, 2.75) is 56.9 Å². The van der Waals surface area contributed by atoms with Crippen LogP contribution in [0.15, 0.2) is 4.99 Å². The lowest BCUT2D eigenvalue weighted by Crippen LogP contribution is -2.46. The number of nitrogens with one attached hydrogen (secondary N) is 2. The standard InChI is InChI=1S/C15H30N4OS.HI/c1-6-11(2)17-15(16-10-14(20)19(3)4)18-12-7-8-13(9-12)21-5;/h11-13H,6-10H2,1-5H3,(H2,16,17,18);1H. The molecule has 1 fully saturated rings. The van der Waals surface area contributed by atoms with Gasteiger partial charge in [0.1, 0.15) is 6.54 Å². The molecule has 1 saturated carbocycles. The lowest BCUT2D eigenvalue weighted by Gasteiger charge is -2.21. The molecule has 0 aromatic rings. The SMILES string of the molecule is CCC(C)NC(=NCC(=O)N(C)C)NC1CCC(SC)C1.I. The van der Waals surface area contributed by atoms with Gasteiger partial charge in [0.2, 0.25) is 5.91 Å². The Morgan fingerprint density at radius 2 is 2.09 bits per heavy atom. The summed E-state index contributed by atoms with van der Waals surface area (Å²) in [5.41, 5.74) is 0. The second kappa shape index (κ2) is 11.4. The number of likely N-dealkylation sites (N-methyl/N-ethyl adjacent to an activating group) is 1. The summed E-state index contributed by atoms with van der Waals surface area (Å²) in [4.78, 5) is 17.7. The van der Waals surface area contributed by atoms with Crippen molar-refractivity contribution in [3.63, 3.8) is 0 Å². The van der Waals surface area contributed by atoms with Gasteiger partial charge in [0.25, 0.3) is 0 Å². The molecule has 7 heteroatoms. The summed E-state index contributed by atoms with van der Waals surface area (Å²) < 4.78 is 0. The minimum absolute atomic E-state index is 0. The number of halogens is 1. The fraction of sp³-hybridized carbons (Fsp3) is 0.867. The highest BCUT2D eigenvalue weighted by atomic mass is 127. The number of guanidine groups is 1. The zero-order chi connectivity index (χ0) is 15.8. The van der Waals surface area contributed by atoms with E-state index in [1.165, 1.54) is 19.3 Å². The van der Waals surface area contributed by atoms with Crippen LogP contribution in [0, 0.1) is 0 Å². The van der Waals surface area contributed by atoms with Gasteiger partial charge in [0, 0.05) is 31.4 Å². The summed E-state index contributed by atoms with van der Waals surface area (Å²) in [6, 6.07) is 0.815. The molecule has 1 amide bonds. The lowest BCUT2D eigenvalue weighted by molar-refractivity contribution is -0.127. The zero-order valence-electron chi connectivity index (χ0n) is 14.4. The molecule has 0 heterocycles. The minimum atomic E-state index is 0. The van der Waals surface area contributed by atoms with Crippen molar-refractivity contribution in [1.29, 1.82) is 0 Å². The molecule has 0 radical (unpaired) electrons. The van der Waals surface area contributed by atoms with Crippen molar-refractivity contribution in [2.24, 2.45) is 4.99 Å². The Kier molecular flexibility index (Phi) is 11.3. The van der Waals surface area contributed by atoms with Crippen LogP contribution in [-0.4, -0.2) is 61.0 Å². The quantitative estimate of drug-likeness (QED) is 0.377. The Morgan fingerprint density at radius 1 is 1.41 bits per heavy atom. The second-order valence-corrected chi connectivity index (χ2v) is 7.06. The van der Waals surface area contributed by atoms with Crippen molar-refractivity contribution >= 4 is 47.6 Å². The number of thioether (sulfide) groups is 1. The van der Waals surface area contributed by atoms with Gasteiger partial charge in [0.05, 0.1) is 0 Å². The average Bonchev–Trinajstić information content (AvgIpc) is 2.91. The number of hydrogen-bond acceptors (Lipinski definition) is 3. The van der Waals surface area contributed by atoms with Crippen molar-refractivity contribution < 1.29 is 4.79 Å². The Balaban J connectivity index is 0.00000441. The fourth-order valence-corrected chi connectivity index (χ4v) is 3.03. The largest absolute Gasteiger partial charge is 0.354 e. The van der Waals surface area contributed by atoms with Gasteiger partial charge in [-0.25, -0.2) is 4.99 Å². The molecule has 0 bridgehead atoms. The van der Waals surface area contributed by atoms with E-state index in [2.05, 4.69) is 35.7 Å². The van der Waals surface area contributed by atoms with Crippen LogP contribution >= 0.6 is 35.7 Å². The van der Waals surface area contributed by atoms with Crippen LogP contribution in [0.2, 0.25) is 0 Å².